The Morgan fingerprint density at radius 1 is 1.00 bits per heavy atom. The van der Waals surface area contributed by atoms with Crippen molar-refractivity contribution >= 4 is 40.0 Å². The number of aryl methyl sites for hydroxylation is 1. The number of amides is 1. The van der Waals surface area contributed by atoms with Gasteiger partial charge in [0.15, 0.2) is 0 Å². The third-order valence-corrected chi connectivity index (χ3v) is 7.16. The molecule has 0 saturated heterocycles. The smallest absolute Gasteiger partial charge is 0.266 e. The van der Waals surface area contributed by atoms with Gasteiger partial charge < -0.3 is 4.90 Å². The molecule has 1 amide bonds. The highest BCUT2D eigenvalue weighted by molar-refractivity contribution is 6.36. The number of aromatic nitrogens is 2. The van der Waals surface area contributed by atoms with Gasteiger partial charge in [-0.3, -0.25) is 14.2 Å². The maximum absolute atomic E-state index is 13.9. The van der Waals surface area contributed by atoms with Gasteiger partial charge >= 0.3 is 0 Å². The van der Waals surface area contributed by atoms with Crippen LogP contribution in [0.15, 0.2) is 71.5 Å². The normalized spacial score (nSPS) is 12.2. The highest BCUT2D eigenvalue weighted by Crippen LogP contribution is 2.29. The topological polar surface area (TPSA) is 55.2 Å². The molecule has 4 aromatic rings. The summed E-state index contributed by atoms with van der Waals surface area (Å²) in [4.78, 5) is 34.4. The first-order valence-electron chi connectivity index (χ1n) is 12.6. The maximum Gasteiger partial charge on any atom is 0.266 e. The Kier molecular flexibility index (Phi) is 8.35. The van der Waals surface area contributed by atoms with Crippen molar-refractivity contribution in [3.8, 4) is 5.69 Å². The fourth-order valence-electron chi connectivity index (χ4n) is 4.39. The van der Waals surface area contributed by atoms with Gasteiger partial charge in [-0.25, -0.2) is 4.98 Å². The van der Waals surface area contributed by atoms with E-state index in [4.69, 9.17) is 28.2 Å². The number of hydrogen-bond donors (Lipinski definition) is 0. The van der Waals surface area contributed by atoms with Crippen LogP contribution in [0.1, 0.15) is 61.9 Å². The van der Waals surface area contributed by atoms with E-state index in [0.29, 0.717) is 50.5 Å². The quantitative estimate of drug-likeness (QED) is 0.234. The van der Waals surface area contributed by atoms with E-state index in [-0.39, 0.29) is 11.5 Å². The molecule has 0 N–H and O–H groups in total. The Balaban J connectivity index is 1.90. The number of hydrogen-bond acceptors (Lipinski definition) is 3. The molecule has 0 fully saturated rings. The van der Waals surface area contributed by atoms with Crippen LogP contribution in [0, 0.1) is 5.92 Å². The van der Waals surface area contributed by atoms with E-state index in [1.807, 2.05) is 49.4 Å². The van der Waals surface area contributed by atoms with Gasteiger partial charge in [-0.1, -0.05) is 68.2 Å². The average Bonchev–Trinajstić information content (AvgIpc) is 2.88. The predicted molar refractivity (Wildman–Crippen MR) is 152 cm³/mol. The molecule has 1 heterocycles. The van der Waals surface area contributed by atoms with E-state index < -0.39 is 6.04 Å². The Bertz CT molecular complexity index is 1480. The van der Waals surface area contributed by atoms with E-state index in [1.165, 1.54) is 5.56 Å². The molecule has 7 heteroatoms. The molecule has 1 aromatic heterocycles. The summed E-state index contributed by atoms with van der Waals surface area (Å²) in [5, 5.41) is 1.28. The number of carbonyl (C=O) groups is 1. The summed E-state index contributed by atoms with van der Waals surface area (Å²) in [5.74, 6) is 0.636. The van der Waals surface area contributed by atoms with Gasteiger partial charge in [0.05, 0.1) is 33.2 Å². The van der Waals surface area contributed by atoms with Gasteiger partial charge in [-0.2, -0.15) is 0 Å². The fraction of sp³-hybridized carbons (Fsp3) is 0.300. The Morgan fingerprint density at radius 2 is 1.70 bits per heavy atom. The van der Waals surface area contributed by atoms with Crippen molar-refractivity contribution in [3.63, 3.8) is 0 Å². The minimum Gasteiger partial charge on any atom is -0.329 e. The van der Waals surface area contributed by atoms with Crippen LogP contribution >= 0.6 is 23.2 Å². The zero-order valence-electron chi connectivity index (χ0n) is 21.5. The second-order valence-electron chi connectivity index (χ2n) is 9.63. The number of carbonyl (C=O) groups excluding carboxylic acids is 1. The molecule has 5 nitrogen and oxygen atoms in total. The van der Waals surface area contributed by atoms with E-state index in [0.717, 1.165) is 12.8 Å². The van der Waals surface area contributed by atoms with Crippen LogP contribution < -0.4 is 5.56 Å². The molecule has 1 unspecified atom stereocenters. The first-order chi connectivity index (χ1) is 17.7. The lowest BCUT2D eigenvalue weighted by molar-refractivity contribution is 0.0671. The van der Waals surface area contributed by atoms with E-state index in [2.05, 4.69) is 20.8 Å². The van der Waals surface area contributed by atoms with Gasteiger partial charge in [0, 0.05) is 11.6 Å². The van der Waals surface area contributed by atoms with Crippen molar-refractivity contribution in [3.05, 3.63) is 104 Å². The molecular formula is C30H31Cl2N3O2. The number of benzene rings is 3. The first-order valence-corrected chi connectivity index (χ1v) is 13.3. The number of halogens is 2. The van der Waals surface area contributed by atoms with Gasteiger partial charge in [-0.05, 0) is 73.7 Å². The molecule has 4 rings (SSSR count). The van der Waals surface area contributed by atoms with Gasteiger partial charge in [0.25, 0.3) is 11.5 Å². The van der Waals surface area contributed by atoms with Gasteiger partial charge in [-0.15, -0.1) is 0 Å². The monoisotopic (exact) mass is 535 g/mol. The third-order valence-electron chi connectivity index (χ3n) is 6.62. The lowest BCUT2D eigenvalue weighted by Gasteiger charge is -2.31. The molecule has 1 atom stereocenters. The summed E-state index contributed by atoms with van der Waals surface area (Å²) < 4.78 is 1.63. The summed E-state index contributed by atoms with van der Waals surface area (Å²) in [6.07, 6.45) is 1.68. The number of fused-ring (bicyclic) bond motifs is 1. The van der Waals surface area contributed by atoms with Crippen LogP contribution in [0.5, 0.6) is 0 Å². The third kappa shape index (κ3) is 5.73. The minimum atomic E-state index is -0.513. The van der Waals surface area contributed by atoms with Gasteiger partial charge in [0.1, 0.15) is 5.82 Å². The van der Waals surface area contributed by atoms with Crippen LogP contribution in [0.25, 0.3) is 16.6 Å². The fourth-order valence-corrected chi connectivity index (χ4v) is 4.88. The zero-order chi connectivity index (χ0) is 26.7. The Hall–Kier alpha value is -3.15. The molecule has 0 aliphatic rings. The predicted octanol–water partition coefficient (Wildman–Crippen LogP) is 7.50. The zero-order valence-corrected chi connectivity index (χ0v) is 23.1. The summed E-state index contributed by atoms with van der Waals surface area (Å²) in [7, 11) is 0. The molecular weight excluding hydrogens is 505 g/mol. The average molecular weight is 537 g/mol. The second kappa shape index (κ2) is 11.5. The SMILES string of the molecule is CCc1ccc(-n2c(C(C)N(CCC(C)C)C(=O)c3ccc(Cl)cc3Cl)nc3ccccc3c2=O)cc1. The lowest BCUT2D eigenvalue weighted by Crippen LogP contribution is -2.38. The molecule has 0 aliphatic carbocycles. The number of para-hydroxylation sites is 1. The van der Waals surface area contributed by atoms with Gasteiger partial charge in [0.2, 0.25) is 0 Å². The van der Waals surface area contributed by atoms with Crippen molar-refractivity contribution < 1.29 is 4.79 Å². The highest BCUT2D eigenvalue weighted by Gasteiger charge is 2.29. The molecule has 0 spiro atoms. The molecule has 0 radical (unpaired) electrons. The Morgan fingerprint density at radius 3 is 2.35 bits per heavy atom. The van der Waals surface area contributed by atoms with Crippen LogP contribution in [0.4, 0.5) is 0 Å². The van der Waals surface area contributed by atoms with Crippen LogP contribution in [-0.2, 0) is 6.42 Å². The summed E-state index contributed by atoms with van der Waals surface area (Å²) >= 11 is 12.5. The molecule has 0 aliphatic heterocycles. The van der Waals surface area contributed by atoms with Crippen molar-refractivity contribution in [1.82, 2.24) is 14.5 Å². The minimum absolute atomic E-state index is 0.169. The number of nitrogens with zero attached hydrogens (tertiary/aromatic N) is 3. The van der Waals surface area contributed by atoms with Crippen molar-refractivity contribution in [2.75, 3.05) is 6.54 Å². The standard InChI is InChI=1S/C30H31Cl2N3O2/c1-5-21-10-13-23(14-11-21)35-28(33-27-9-7-6-8-25(27)30(35)37)20(4)34(17-16-19(2)3)29(36)24-15-12-22(31)18-26(24)32/h6-15,18-20H,5,16-17H2,1-4H3. The highest BCUT2D eigenvalue weighted by atomic mass is 35.5. The van der Waals surface area contributed by atoms with Crippen molar-refractivity contribution in [2.24, 2.45) is 5.92 Å². The molecule has 0 bridgehead atoms. The van der Waals surface area contributed by atoms with Crippen molar-refractivity contribution in [1.29, 1.82) is 0 Å². The molecule has 0 saturated carbocycles. The van der Waals surface area contributed by atoms with E-state index in [1.54, 1.807) is 33.7 Å². The molecule has 37 heavy (non-hydrogen) atoms. The number of rotatable bonds is 8. The maximum atomic E-state index is 13.9. The first kappa shape index (κ1) is 26.9. The van der Waals surface area contributed by atoms with Crippen molar-refractivity contribution in [2.45, 2.75) is 46.6 Å². The summed E-state index contributed by atoms with van der Waals surface area (Å²) in [6.45, 7) is 8.71. The molecule has 192 valence electrons. The summed E-state index contributed by atoms with van der Waals surface area (Å²) in [6, 6.07) is 19.6. The van der Waals surface area contributed by atoms with E-state index in [9.17, 15) is 9.59 Å². The summed E-state index contributed by atoms with van der Waals surface area (Å²) in [5.41, 5.74) is 2.67. The second-order valence-corrected chi connectivity index (χ2v) is 10.5. The van der Waals surface area contributed by atoms with Crippen LogP contribution in [0.3, 0.4) is 0 Å². The largest absolute Gasteiger partial charge is 0.329 e. The van der Waals surface area contributed by atoms with Crippen LogP contribution in [0.2, 0.25) is 10.0 Å². The lowest BCUT2D eigenvalue weighted by atomic mass is 10.1. The Labute approximate surface area is 227 Å². The molecule has 3 aromatic carbocycles. The van der Waals surface area contributed by atoms with Crippen LogP contribution in [-0.4, -0.2) is 26.9 Å². The van der Waals surface area contributed by atoms with E-state index >= 15 is 0 Å².